The Hall–Kier alpha value is -1.27. The van der Waals surface area contributed by atoms with Gasteiger partial charge >= 0.3 is 0 Å². The number of carbonyl (C=O) groups excluding carboxylic acids is 1. The predicted octanol–water partition coefficient (Wildman–Crippen LogP) is 22.8. The van der Waals surface area contributed by atoms with Gasteiger partial charge < -0.3 is 65.1 Å². The molecule has 14 nitrogen and oxygen atoms in total. The predicted molar refractivity (Wildman–Crippen MR) is 439 cm³/mol. The Labute approximate surface area is 647 Å². The molecular weight excluding hydrogens is 1310 g/mol. The van der Waals surface area contributed by atoms with Crippen LogP contribution in [0.25, 0.3) is 0 Å². The molecule has 1 amide bonds. The molecule has 0 spiro atoms. The average Bonchev–Trinajstić information content (AvgIpc) is 0.790. The van der Waals surface area contributed by atoms with Crippen LogP contribution in [0.4, 0.5) is 0 Å². The van der Waals surface area contributed by atoms with Crippen molar-refractivity contribution < 1.29 is 64.6 Å². The number of allylic oxidation sites excluding steroid dienone is 1. The molecule has 0 aromatic carbocycles. The average molecular weight is 1490 g/mol. The minimum Gasteiger partial charge on any atom is -0.394 e. The Balaban J connectivity index is 1.54. The molecule has 624 valence electrons. The van der Waals surface area contributed by atoms with E-state index in [9.17, 15) is 45.6 Å². The van der Waals surface area contributed by atoms with E-state index in [4.69, 9.17) is 18.9 Å². The fraction of sp³-hybridized carbons (Fsp3) is 0.967. The smallest absolute Gasteiger partial charge is 0.220 e. The highest BCUT2D eigenvalue weighted by molar-refractivity contribution is 5.76. The van der Waals surface area contributed by atoms with E-state index in [0.717, 1.165) is 44.9 Å². The molecule has 2 heterocycles. The van der Waals surface area contributed by atoms with Crippen molar-refractivity contribution in [1.29, 1.82) is 0 Å². The summed E-state index contributed by atoms with van der Waals surface area (Å²) in [7, 11) is 0. The Morgan fingerprint density at radius 3 is 0.876 bits per heavy atom. The zero-order valence-electron chi connectivity index (χ0n) is 69.0. The number of carbonyl (C=O) groups is 1. The van der Waals surface area contributed by atoms with Crippen molar-refractivity contribution in [2.45, 2.75) is 543 Å². The molecule has 0 aliphatic carbocycles. The number of hydrogen-bond acceptors (Lipinski definition) is 13. The van der Waals surface area contributed by atoms with Crippen molar-refractivity contribution in [3.05, 3.63) is 12.2 Å². The third-order valence-electron chi connectivity index (χ3n) is 23.2. The summed E-state index contributed by atoms with van der Waals surface area (Å²) in [6.07, 6.45) is 82.1. The summed E-state index contributed by atoms with van der Waals surface area (Å²) in [6.45, 7) is 2.89. The van der Waals surface area contributed by atoms with Crippen LogP contribution in [0.1, 0.15) is 470 Å². The van der Waals surface area contributed by atoms with E-state index >= 15 is 0 Å². The maximum Gasteiger partial charge on any atom is 0.220 e. The lowest BCUT2D eigenvalue weighted by Gasteiger charge is -2.46. The largest absolute Gasteiger partial charge is 0.394 e. The third-order valence-corrected chi connectivity index (χ3v) is 23.2. The van der Waals surface area contributed by atoms with Crippen molar-refractivity contribution >= 4 is 5.91 Å². The Bertz CT molecular complexity index is 1810. The molecule has 14 heteroatoms. The molecule has 2 saturated heterocycles. The summed E-state index contributed by atoms with van der Waals surface area (Å²) in [5, 5.41) is 87.9. The number of hydrogen-bond donors (Lipinski definition) is 9. The lowest BCUT2D eigenvalue weighted by atomic mass is 9.97. The van der Waals surface area contributed by atoms with Gasteiger partial charge in [0.05, 0.1) is 32.0 Å². The molecular formula is C91H177NO13. The molecule has 2 aliphatic heterocycles. The third kappa shape index (κ3) is 57.4. The van der Waals surface area contributed by atoms with Crippen LogP contribution in [0, 0.1) is 0 Å². The number of unbranched alkanes of at least 4 members (excludes halogenated alkanes) is 68. The molecule has 2 aliphatic rings. The second-order valence-corrected chi connectivity index (χ2v) is 33.2. The summed E-state index contributed by atoms with van der Waals surface area (Å²) >= 11 is 0. The second kappa shape index (κ2) is 75.4. The van der Waals surface area contributed by atoms with Crippen molar-refractivity contribution in [1.82, 2.24) is 5.32 Å². The van der Waals surface area contributed by atoms with E-state index in [2.05, 4.69) is 19.2 Å². The lowest BCUT2D eigenvalue weighted by molar-refractivity contribution is -0.359. The standard InChI is InChI=1S/C91H177NO13/c1-3-5-7-9-11-13-15-17-19-21-23-25-27-29-31-33-35-36-37-38-39-40-41-42-43-45-47-49-51-53-55-57-59-61-63-65-67-69-71-73-75-83(96)92-79(78-102-90-88(101)86(99)89(82(77-94)104-90)105-91-87(100)85(98)84(97)81(76-93)103-91)80(95)74-72-70-68-66-64-62-60-58-56-54-52-50-48-46-44-34-32-30-28-26-24-22-20-18-16-14-12-10-8-6-4-2/h72,74,79-82,84-91,93-95,97-101H,3-71,73,75-78H2,1-2H3,(H,92,96)/b74-72+. The Kier molecular flexibility index (Phi) is 71.7. The molecule has 12 unspecified atom stereocenters. The van der Waals surface area contributed by atoms with Crippen LogP contribution >= 0.6 is 0 Å². The highest BCUT2D eigenvalue weighted by Gasteiger charge is 2.51. The Morgan fingerprint density at radius 1 is 0.333 bits per heavy atom. The summed E-state index contributed by atoms with van der Waals surface area (Å²) in [5.74, 6) is -0.227. The van der Waals surface area contributed by atoms with Gasteiger partial charge in [0.2, 0.25) is 5.91 Å². The molecule has 0 aromatic rings. The van der Waals surface area contributed by atoms with E-state index in [1.165, 1.54) is 405 Å². The van der Waals surface area contributed by atoms with Crippen LogP contribution in [0.2, 0.25) is 0 Å². The molecule has 0 bridgehead atoms. The highest BCUT2D eigenvalue weighted by atomic mass is 16.7. The van der Waals surface area contributed by atoms with Gasteiger partial charge in [-0.1, -0.05) is 456 Å². The van der Waals surface area contributed by atoms with Crippen molar-refractivity contribution in [3.63, 3.8) is 0 Å². The summed E-state index contributed by atoms with van der Waals surface area (Å²) in [6, 6.07) is -0.913. The first-order valence-electron chi connectivity index (χ1n) is 46.4. The fourth-order valence-corrected chi connectivity index (χ4v) is 16.0. The quantitative estimate of drug-likeness (QED) is 0.0204. The van der Waals surface area contributed by atoms with Gasteiger partial charge in [-0.2, -0.15) is 0 Å². The van der Waals surface area contributed by atoms with E-state index < -0.39 is 86.8 Å². The van der Waals surface area contributed by atoms with Crippen LogP contribution in [0.5, 0.6) is 0 Å². The first kappa shape index (κ1) is 99.8. The molecule has 0 saturated carbocycles. The molecule has 2 rings (SSSR count). The summed E-state index contributed by atoms with van der Waals surface area (Å²) in [5.41, 5.74) is 0. The maximum absolute atomic E-state index is 13.4. The van der Waals surface area contributed by atoms with Crippen LogP contribution < -0.4 is 5.32 Å². The minimum absolute atomic E-state index is 0.227. The topological polar surface area (TPSA) is 228 Å². The van der Waals surface area contributed by atoms with Gasteiger partial charge in [-0.25, -0.2) is 0 Å². The Morgan fingerprint density at radius 2 is 0.590 bits per heavy atom. The van der Waals surface area contributed by atoms with Gasteiger partial charge in [-0.3, -0.25) is 4.79 Å². The van der Waals surface area contributed by atoms with E-state index in [-0.39, 0.29) is 18.9 Å². The van der Waals surface area contributed by atoms with Gasteiger partial charge in [0.1, 0.15) is 48.8 Å². The summed E-state index contributed by atoms with van der Waals surface area (Å²) in [4.78, 5) is 13.4. The number of aliphatic hydroxyl groups excluding tert-OH is 8. The van der Waals surface area contributed by atoms with Crippen molar-refractivity contribution in [2.75, 3.05) is 19.8 Å². The normalized spacial score (nSPS) is 21.3. The number of amides is 1. The summed E-state index contributed by atoms with van der Waals surface area (Å²) < 4.78 is 23.0. The van der Waals surface area contributed by atoms with E-state index in [0.29, 0.717) is 0 Å². The SMILES string of the molecule is CCCCCCCCCCCCCCCCCCCCCCCCCCCCCCC/C=C/C(O)C(COC1OC(CO)C(OC2OC(CO)C(O)C(O)C2O)C(O)C1O)NC(=O)CCCCCCCCCCCCCCCCCCCCCCCCCCCCCCCCCCCCCCCCCC. The molecule has 0 radical (unpaired) electrons. The van der Waals surface area contributed by atoms with Crippen molar-refractivity contribution in [2.24, 2.45) is 0 Å². The van der Waals surface area contributed by atoms with Gasteiger partial charge in [-0.05, 0) is 19.3 Å². The minimum atomic E-state index is -1.79. The van der Waals surface area contributed by atoms with Crippen molar-refractivity contribution in [3.8, 4) is 0 Å². The molecule has 12 atom stereocenters. The highest BCUT2D eigenvalue weighted by Crippen LogP contribution is 2.31. The molecule has 2 fully saturated rings. The number of rotatable bonds is 81. The number of aliphatic hydroxyl groups is 8. The zero-order chi connectivity index (χ0) is 75.8. The number of nitrogens with one attached hydrogen (secondary N) is 1. The first-order chi connectivity index (χ1) is 51.6. The van der Waals surface area contributed by atoms with E-state index in [1.54, 1.807) is 6.08 Å². The van der Waals surface area contributed by atoms with Gasteiger partial charge in [0, 0.05) is 6.42 Å². The molecule has 105 heavy (non-hydrogen) atoms. The number of ether oxygens (including phenoxy) is 4. The van der Waals surface area contributed by atoms with Crippen LogP contribution in [0.3, 0.4) is 0 Å². The van der Waals surface area contributed by atoms with Gasteiger partial charge in [0.25, 0.3) is 0 Å². The molecule has 0 aromatic heterocycles. The maximum atomic E-state index is 13.4. The van der Waals surface area contributed by atoms with Crippen LogP contribution in [0.15, 0.2) is 12.2 Å². The second-order valence-electron chi connectivity index (χ2n) is 33.2. The molecule has 9 N–H and O–H groups in total. The fourth-order valence-electron chi connectivity index (χ4n) is 16.0. The van der Waals surface area contributed by atoms with Crippen LogP contribution in [-0.2, 0) is 23.7 Å². The van der Waals surface area contributed by atoms with Gasteiger partial charge in [-0.15, -0.1) is 0 Å². The monoisotopic (exact) mass is 1490 g/mol. The lowest BCUT2D eigenvalue weighted by Crippen LogP contribution is -2.65. The van der Waals surface area contributed by atoms with E-state index in [1.807, 2.05) is 6.08 Å². The first-order valence-corrected chi connectivity index (χ1v) is 46.4. The van der Waals surface area contributed by atoms with Gasteiger partial charge in [0.15, 0.2) is 12.6 Å². The zero-order valence-corrected chi connectivity index (χ0v) is 69.0. The van der Waals surface area contributed by atoms with Crippen LogP contribution in [-0.4, -0.2) is 140 Å².